The zero-order valence-electron chi connectivity index (χ0n) is 9.68. The van der Waals surface area contributed by atoms with Crippen molar-refractivity contribution in [1.82, 2.24) is 0 Å². The molecule has 0 atom stereocenters. The molecular formula is C13H14O3Y. The van der Waals surface area contributed by atoms with Crippen LogP contribution < -0.4 is 0 Å². The van der Waals surface area contributed by atoms with Crippen LogP contribution in [0.4, 0.5) is 0 Å². The van der Waals surface area contributed by atoms with E-state index in [0.29, 0.717) is 12.2 Å². The monoisotopic (exact) mass is 307 g/mol. The Bertz CT molecular complexity index is 511. The third-order valence-electron chi connectivity index (χ3n) is 2.58. The first-order valence-corrected chi connectivity index (χ1v) is 5.09. The molecule has 0 bridgehead atoms. The Kier molecular flexibility index (Phi) is 5.54. The average molecular weight is 307 g/mol. The van der Waals surface area contributed by atoms with Gasteiger partial charge in [-0.25, -0.2) is 0 Å². The molecule has 0 spiro atoms. The molecule has 2 aromatic carbocycles. The number of ether oxygens (including phenoxy) is 1. The van der Waals surface area contributed by atoms with E-state index in [-0.39, 0.29) is 45.1 Å². The fraction of sp³-hybridized carbons (Fsp3) is 0.231. The third-order valence-corrected chi connectivity index (χ3v) is 2.58. The van der Waals surface area contributed by atoms with Gasteiger partial charge in [0, 0.05) is 45.4 Å². The van der Waals surface area contributed by atoms with E-state index in [1.807, 2.05) is 18.2 Å². The molecule has 87 valence electrons. The Labute approximate surface area is 125 Å². The SMILES string of the molecule is COCc1ccc2cc(O)c(CO)cc2c1.[Y]. The predicted molar refractivity (Wildman–Crippen MR) is 62.2 cm³/mol. The van der Waals surface area contributed by atoms with Crippen molar-refractivity contribution in [2.24, 2.45) is 0 Å². The van der Waals surface area contributed by atoms with Crippen LogP contribution in [0.25, 0.3) is 10.8 Å². The number of methoxy groups -OCH3 is 1. The number of hydrogen-bond donors (Lipinski definition) is 2. The molecule has 0 aliphatic carbocycles. The molecule has 0 fully saturated rings. The summed E-state index contributed by atoms with van der Waals surface area (Å²) in [5.74, 6) is 0.134. The Hall–Kier alpha value is -0.476. The van der Waals surface area contributed by atoms with Crippen LogP contribution in [0.1, 0.15) is 11.1 Å². The van der Waals surface area contributed by atoms with Crippen LogP contribution >= 0.6 is 0 Å². The molecule has 17 heavy (non-hydrogen) atoms. The first-order chi connectivity index (χ1) is 7.74. The average Bonchev–Trinajstić information content (AvgIpc) is 2.29. The second-order valence-electron chi connectivity index (χ2n) is 3.75. The van der Waals surface area contributed by atoms with Gasteiger partial charge >= 0.3 is 0 Å². The molecule has 0 heterocycles. The van der Waals surface area contributed by atoms with Gasteiger partial charge < -0.3 is 14.9 Å². The Morgan fingerprint density at radius 3 is 2.53 bits per heavy atom. The van der Waals surface area contributed by atoms with E-state index in [2.05, 4.69) is 0 Å². The Morgan fingerprint density at radius 2 is 1.88 bits per heavy atom. The van der Waals surface area contributed by atoms with E-state index in [1.165, 1.54) is 0 Å². The largest absolute Gasteiger partial charge is 0.508 e. The molecule has 0 aliphatic heterocycles. The van der Waals surface area contributed by atoms with Crippen molar-refractivity contribution in [1.29, 1.82) is 0 Å². The van der Waals surface area contributed by atoms with E-state index >= 15 is 0 Å². The summed E-state index contributed by atoms with van der Waals surface area (Å²) in [7, 11) is 1.65. The molecule has 2 rings (SSSR count). The number of rotatable bonds is 3. The predicted octanol–water partition coefficient (Wildman–Crippen LogP) is 2.18. The summed E-state index contributed by atoms with van der Waals surface area (Å²) >= 11 is 0. The molecule has 1 radical (unpaired) electrons. The van der Waals surface area contributed by atoms with Gasteiger partial charge in [-0.05, 0) is 34.5 Å². The summed E-state index contributed by atoms with van der Waals surface area (Å²) in [6, 6.07) is 9.35. The van der Waals surface area contributed by atoms with Crippen molar-refractivity contribution in [3.05, 3.63) is 41.5 Å². The molecule has 0 amide bonds. The first-order valence-electron chi connectivity index (χ1n) is 5.09. The molecule has 0 aromatic heterocycles. The zero-order valence-corrected chi connectivity index (χ0v) is 12.5. The van der Waals surface area contributed by atoms with E-state index < -0.39 is 0 Å². The van der Waals surface area contributed by atoms with Crippen molar-refractivity contribution >= 4 is 10.8 Å². The molecule has 2 aromatic rings. The molecule has 3 nitrogen and oxygen atoms in total. The molecule has 2 N–H and O–H groups in total. The summed E-state index contributed by atoms with van der Waals surface area (Å²) < 4.78 is 5.06. The van der Waals surface area contributed by atoms with Crippen LogP contribution in [-0.2, 0) is 50.7 Å². The van der Waals surface area contributed by atoms with Crippen LogP contribution in [-0.4, -0.2) is 17.3 Å². The quantitative estimate of drug-likeness (QED) is 0.914. The van der Waals surface area contributed by atoms with Crippen molar-refractivity contribution in [2.75, 3.05) is 7.11 Å². The summed E-state index contributed by atoms with van der Waals surface area (Å²) in [6.45, 7) is 0.404. The minimum Gasteiger partial charge on any atom is -0.508 e. The van der Waals surface area contributed by atoms with Crippen molar-refractivity contribution in [3.63, 3.8) is 0 Å². The number of phenols is 1. The van der Waals surface area contributed by atoms with Crippen LogP contribution in [0.2, 0.25) is 0 Å². The standard InChI is InChI=1S/C13H14O3.Y/c1-16-8-9-2-3-10-6-13(15)12(7-14)5-11(10)4-9;/h2-6,14-15H,7-8H2,1H3;. The molecule has 0 saturated carbocycles. The van der Waals surface area contributed by atoms with Gasteiger partial charge in [0.1, 0.15) is 5.75 Å². The van der Waals surface area contributed by atoms with Gasteiger partial charge in [0.15, 0.2) is 0 Å². The number of benzene rings is 2. The van der Waals surface area contributed by atoms with Crippen LogP contribution in [0.5, 0.6) is 5.75 Å². The van der Waals surface area contributed by atoms with E-state index in [4.69, 9.17) is 9.84 Å². The minimum absolute atomic E-state index is 0. The van der Waals surface area contributed by atoms with Gasteiger partial charge in [0.05, 0.1) is 13.2 Å². The van der Waals surface area contributed by atoms with Crippen LogP contribution in [0.3, 0.4) is 0 Å². The molecule has 0 saturated heterocycles. The second kappa shape index (κ2) is 6.45. The number of aliphatic hydroxyl groups excluding tert-OH is 1. The molecule has 4 heteroatoms. The normalized spacial score (nSPS) is 10.2. The Morgan fingerprint density at radius 1 is 1.12 bits per heavy atom. The number of aliphatic hydroxyl groups is 1. The van der Waals surface area contributed by atoms with Crippen LogP contribution in [0.15, 0.2) is 30.3 Å². The van der Waals surface area contributed by atoms with Crippen molar-refractivity contribution in [2.45, 2.75) is 13.2 Å². The first kappa shape index (κ1) is 14.6. The van der Waals surface area contributed by atoms with Gasteiger partial charge in [-0.3, -0.25) is 0 Å². The maximum absolute atomic E-state index is 9.60. The fourth-order valence-corrected chi connectivity index (χ4v) is 1.77. The van der Waals surface area contributed by atoms with Gasteiger partial charge in [-0.1, -0.05) is 12.1 Å². The Balaban J connectivity index is 0.00000144. The van der Waals surface area contributed by atoms with Gasteiger partial charge in [-0.2, -0.15) is 0 Å². The molecule has 0 unspecified atom stereocenters. The van der Waals surface area contributed by atoms with E-state index in [1.54, 1.807) is 19.2 Å². The minimum atomic E-state index is -0.156. The number of hydrogen-bond acceptors (Lipinski definition) is 3. The van der Waals surface area contributed by atoms with Crippen molar-refractivity contribution in [3.8, 4) is 5.75 Å². The van der Waals surface area contributed by atoms with Gasteiger partial charge in [0.25, 0.3) is 0 Å². The molecular weight excluding hydrogens is 293 g/mol. The maximum atomic E-state index is 9.60. The number of fused-ring (bicyclic) bond motifs is 1. The van der Waals surface area contributed by atoms with Gasteiger partial charge in [-0.15, -0.1) is 0 Å². The topological polar surface area (TPSA) is 49.7 Å². The third kappa shape index (κ3) is 3.26. The van der Waals surface area contributed by atoms with Crippen LogP contribution in [0, 0.1) is 0 Å². The smallest absolute Gasteiger partial charge is 0.121 e. The summed E-state index contributed by atoms with van der Waals surface area (Å²) in [5.41, 5.74) is 1.62. The van der Waals surface area contributed by atoms with E-state index in [9.17, 15) is 5.11 Å². The summed E-state index contributed by atoms with van der Waals surface area (Å²) in [6.07, 6.45) is 0. The summed E-state index contributed by atoms with van der Waals surface area (Å²) in [4.78, 5) is 0. The van der Waals surface area contributed by atoms with Crippen molar-refractivity contribution < 1.29 is 47.7 Å². The molecule has 0 aliphatic rings. The summed E-state index contributed by atoms with van der Waals surface area (Å²) in [5, 5.41) is 20.6. The fourth-order valence-electron chi connectivity index (χ4n) is 1.77. The number of aromatic hydroxyl groups is 1. The second-order valence-corrected chi connectivity index (χ2v) is 3.75. The van der Waals surface area contributed by atoms with Gasteiger partial charge in [0.2, 0.25) is 0 Å². The van der Waals surface area contributed by atoms with E-state index in [0.717, 1.165) is 16.3 Å². The zero-order chi connectivity index (χ0) is 11.5. The maximum Gasteiger partial charge on any atom is 0.121 e.